The van der Waals surface area contributed by atoms with Crippen LogP contribution in [0.2, 0.25) is 0 Å². The maximum absolute atomic E-state index is 10.0. The van der Waals surface area contributed by atoms with Gasteiger partial charge in [0.2, 0.25) is 0 Å². The normalized spacial score (nSPS) is 6.67. The Labute approximate surface area is 93.0 Å². The van der Waals surface area contributed by atoms with E-state index in [1.54, 1.807) is 18.2 Å². The standard InChI is InChI=1S/C6H5NO2.2ClH.Fe/c8-7(9)6-4-2-1-3-5-6;;;/h1-5H;2*1H;/p-1. The Morgan fingerprint density at radius 3 is 1.83 bits per heavy atom. The van der Waals surface area contributed by atoms with Crippen LogP contribution in [0.1, 0.15) is 0 Å². The van der Waals surface area contributed by atoms with Gasteiger partial charge in [0, 0.05) is 29.2 Å². The van der Waals surface area contributed by atoms with Crippen molar-refractivity contribution in [2.75, 3.05) is 0 Å². The molecule has 0 aliphatic rings. The molecule has 1 aromatic carbocycles. The molecule has 6 heteroatoms. The molecular formula is C6H6Cl2FeNO2-. The smallest absolute Gasteiger partial charge is 0.269 e. The Morgan fingerprint density at radius 1 is 1.17 bits per heavy atom. The SMILES string of the molecule is Cl.O=[N+]([O-])c1ccccc1.[Cl-].[Fe]. The molecule has 0 N–H and O–H groups in total. The van der Waals surface area contributed by atoms with E-state index in [0.717, 1.165) is 0 Å². The van der Waals surface area contributed by atoms with Gasteiger partial charge in [-0.2, -0.15) is 0 Å². The summed E-state index contributed by atoms with van der Waals surface area (Å²) in [5.41, 5.74) is 0.137. The van der Waals surface area contributed by atoms with Gasteiger partial charge in [-0.25, -0.2) is 0 Å². The van der Waals surface area contributed by atoms with Gasteiger partial charge >= 0.3 is 0 Å². The largest absolute Gasteiger partial charge is 1.00 e. The number of nitro groups is 1. The minimum atomic E-state index is -0.417. The molecule has 0 spiro atoms. The van der Waals surface area contributed by atoms with Crippen molar-refractivity contribution >= 4 is 18.1 Å². The van der Waals surface area contributed by atoms with E-state index in [2.05, 4.69) is 0 Å². The van der Waals surface area contributed by atoms with Crippen molar-refractivity contribution in [3.8, 4) is 0 Å². The zero-order valence-corrected chi connectivity index (χ0v) is 8.47. The number of benzene rings is 1. The summed E-state index contributed by atoms with van der Waals surface area (Å²) in [5.74, 6) is 0. The molecule has 0 fully saturated rings. The molecule has 12 heavy (non-hydrogen) atoms. The number of halogens is 2. The summed E-state index contributed by atoms with van der Waals surface area (Å²) < 4.78 is 0. The fourth-order valence-corrected chi connectivity index (χ4v) is 0.550. The van der Waals surface area contributed by atoms with Crippen LogP contribution >= 0.6 is 12.4 Å². The molecule has 0 atom stereocenters. The van der Waals surface area contributed by atoms with E-state index in [0.29, 0.717) is 0 Å². The van der Waals surface area contributed by atoms with E-state index < -0.39 is 4.92 Å². The Kier molecular flexibility index (Phi) is 13.0. The molecule has 70 valence electrons. The summed E-state index contributed by atoms with van der Waals surface area (Å²) in [6, 6.07) is 7.93. The summed E-state index contributed by atoms with van der Waals surface area (Å²) in [5, 5.41) is 10.0. The number of hydrogen-bond donors (Lipinski definition) is 0. The average molecular weight is 251 g/mol. The van der Waals surface area contributed by atoms with Crippen molar-refractivity contribution < 1.29 is 34.4 Å². The molecule has 0 amide bonds. The van der Waals surface area contributed by atoms with Gasteiger partial charge in [0.1, 0.15) is 0 Å². The van der Waals surface area contributed by atoms with E-state index in [-0.39, 0.29) is 47.6 Å². The first-order valence-electron chi connectivity index (χ1n) is 2.50. The number of rotatable bonds is 1. The average Bonchev–Trinajstić information content (AvgIpc) is 1.90. The fourth-order valence-electron chi connectivity index (χ4n) is 0.550. The van der Waals surface area contributed by atoms with Gasteiger partial charge in [-0.3, -0.25) is 10.1 Å². The molecule has 3 nitrogen and oxygen atoms in total. The number of para-hydroxylation sites is 1. The van der Waals surface area contributed by atoms with Crippen molar-refractivity contribution in [1.82, 2.24) is 0 Å². The summed E-state index contributed by atoms with van der Waals surface area (Å²) in [7, 11) is 0. The van der Waals surface area contributed by atoms with Crippen LogP contribution in [0.5, 0.6) is 0 Å². The van der Waals surface area contributed by atoms with E-state index in [1.807, 2.05) is 0 Å². The molecule has 0 bridgehead atoms. The third-order valence-corrected chi connectivity index (χ3v) is 0.967. The zero-order valence-electron chi connectivity index (χ0n) is 5.79. The van der Waals surface area contributed by atoms with E-state index in [1.165, 1.54) is 12.1 Å². The van der Waals surface area contributed by atoms with Gasteiger partial charge in [-0.15, -0.1) is 12.4 Å². The first-order valence-corrected chi connectivity index (χ1v) is 2.50. The molecule has 0 unspecified atom stereocenters. The Morgan fingerprint density at radius 2 is 1.58 bits per heavy atom. The molecule has 0 saturated heterocycles. The van der Waals surface area contributed by atoms with Gasteiger partial charge in [-0.1, -0.05) is 18.2 Å². The minimum Gasteiger partial charge on any atom is -1.00 e. The number of non-ortho nitro benzene ring substituents is 1. The van der Waals surface area contributed by atoms with E-state index >= 15 is 0 Å². The van der Waals surface area contributed by atoms with Crippen LogP contribution in [0.15, 0.2) is 30.3 Å². The Hall–Kier alpha value is -0.281. The predicted molar refractivity (Wildman–Crippen MR) is 40.3 cm³/mol. The summed E-state index contributed by atoms with van der Waals surface area (Å²) in [6.45, 7) is 0. The Bertz CT molecular complexity index is 220. The minimum absolute atomic E-state index is 0. The number of nitrogens with zero attached hydrogens (tertiary/aromatic N) is 1. The molecule has 1 aromatic rings. The molecule has 0 radical (unpaired) electrons. The van der Waals surface area contributed by atoms with Crippen LogP contribution in [0.25, 0.3) is 0 Å². The van der Waals surface area contributed by atoms with Gasteiger partial charge in [0.25, 0.3) is 5.69 Å². The molecule has 0 aromatic heterocycles. The maximum atomic E-state index is 10.0. The second-order valence-corrected chi connectivity index (χ2v) is 1.59. The number of hydrogen-bond acceptors (Lipinski definition) is 2. The first-order chi connectivity index (χ1) is 4.30. The van der Waals surface area contributed by atoms with Crippen molar-refractivity contribution in [2.24, 2.45) is 0 Å². The molecule has 0 aliphatic carbocycles. The van der Waals surface area contributed by atoms with Crippen LogP contribution in [0.4, 0.5) is 5.69 Å². The van der Waals surface area contributed by atoms with Crippen LogP contribution < -0.4 is 12.4 Å². The molecule has 0 heterocycles. The monoisotopic (exact) mass is 250 g/mol. The zero-order chi connectivity index (χ0) is 6.69. The molecule has 0 aliphatic heterocycles. The quantitative estimate of drug-likeness (QED) is 0.365. The fraction of sp³-hybridized carbons (Fsp3) is 0. The second kappa shape index (κ2) is 8.81. The third-order valence-electron chi connectivity index (χ3n) is 0.967. The first kappa shape index (κ1) is 17.7. The van der Waals surface area contributed by atoms with Crippen LogP contribution in [-0.2, 0) is 17.1 Å². The summed E-state index contributed by atoms with van der Waals surface area (Å²) in [4.78, 5) is 9.59. The van der Waals surface area contributed by atoms with Crippen molar-refractivity contribution in [1.29, 1.82) is 0 Å². The van der Waals surface area contributed by atoms with Gasteiger partial charge < -0.3 is 12.4 Å². The second-order valence-electron chi connectivity index (χ2n) is 1.59. The van der Waals surface area contributed by atoms with Crippen molar-refractivity contribution in [3.63, 3.8) is 0 Å². The van der Waals surface area contributed by atoms with E-state index in [4.69, 9.17) is 0 Å². The van der Waals surface area contributed by atoms with Gasteiger partial charge in [-0.05, 0) is 0 Å². The summed E-state index contributed by atoms with van der Waals surface area (Å²) in [6.07, 6.45) is 0. The van der Waals surface area contributed by atoms with Gasteiger partial charge in [0.05, 0.1) is 4.92 Å². The topological polar surface area (TPSA) is 43.1 Å². The third kappa shape index (κ3) is 5.38. The molecule has 1 rings (SSSR count). The van der Waals surface area contributed by atoms with E-state index in [9.17, 15) is 10.1 Å². The molecular weight excluding hydrogens is 245 g/mol. The predicted octanol–water partition coefficient (Wildman–Crippen LogP) is -0.982. The number of nitro benzene ring substituents is 1. The summed E-state index contributed by atoms with van der Waals surface area (Å²) >= 11 is 0. The molecule has 0 saturated carbocycles. The van der Waals surface area contributed by atoms with Crippen LogP contribution in [0, 0.1) is 10.1 Å². The van der Waals surface area contributed by atoms with Crippen LogP contribution in [-0.4, -0.2) is 4.92 Å². The Balaban J connectivity index is -0.000000270. The van der Waals surface area contributed by atoms with Crippen molar-refractivity contribution in [2.45, 2.75) is 0 Å². The van der Waals surface area contributed by atoms with Gasteiger partial charge in [0.15, 0.2) is 0 Å². The maximum Gasteiger partial charge on any atom is 0.269 e. The van der Waals surface area contributed by atoms with Crippen LogP contribution in [0.3, 0.4) is 0 Å². The van der Waals surface area contributed by atoms with Crippen molar-refractivity contribution in [3.05, 3.63) is 40.4 Å².